The number of halogens is 1. The minimum atomic E-state index is -0.648. The second-order valence-corrected chi connectivity index (χ2v) is 8.78. The number of phenolic OH excluding ortho intramolecular Hbond substituents is 1. The van der Waals surface area contributed by atoms with Gasteiger partial charge in [0.1, 0.15) is 12.6 Å². The molecule has 2 N–H and O–H groups in total. The summed E-state index contributed by atoms with van der Waals surface area (Å²) in [7, 11) is 1.46. The molecule has 34 heavy (non-hydrogen) atoms. The van der Waals surface area contributed by atoms with Gasteiger partial charge in [-0.2, -0.15) is 4.98 Å². The maximum atomic E-state index is 13.0. The zero-order valence-electron chi connectivity index (χ0n) is 18.6. The molecule has 1 atom stereocenters. The summed E-state index contributed by atoms with van der Waals surface area (Å²) in [6.07, 6.45) is 1.51. The molecule has 2 heterocycles. The standard InChI is InChI=1S/C24H23ClN4O4S/c1-4-11-33-22(31)20-14(2)26-23-27-24(34-13-16-7-5-6-8-17(16)25)28-29(23)21(20)15-9-10-18(30)19(12-15)32-3/h4-10,12,21,30H,1,11,13H2,2-3H3,(H,26,27,28). The van der Waals surface area contributed by atoms with Gasteiger partial charge in [0, 0.05) is 16.5 Å². The van der Waals surface area contributed by atoms with Gasteiger partial charge in [-0.15, -0.1) is 5.10 Å². The number of allylic oxidation sites excluding steroid dienone is 1. The van der Waals surface area contributed by atoms with Crippen LogP contribution in [0.4, 0.5) is 5.95 Å². The molecule has 4 rings (SSSR count). The summed E-state index contributed by atoms with van der Waals surface area (Å²) in [5, 5.41) is 19.1. The van der Waals surface area contributed by atoms with Crippen LogP contribution in [0, 0.1) is 0 Å². The monoisotopic (exact) mass is 498 g/mol. The fourth-order valence-corrected chi connectivity index (χ4v) is 4.71. The first-order valence-corrected chi connectivity index (χ1v) is 11.7. The quantitative estimate of drug-likeness (QED) is 0.255. The van der Waals surface area contributed by atoms with Gasteiger partial charge in [-0.3, -0.25) is 0 Å². The minimum Gasteiger partial charge on any atom is -0.504 e. The number of phenols is 1. The summed E-state index contributed by atoms with van der Waals surface area (Å²) in [6, 6.07) is 11.9. The highest BCUT2D eigenvalue weighted by Crippen LogP contribution is 2.39. The van der Waals surface area contributed by atoms with Gasteiger partial charge < -0.3 is 19.9 Å². The molecule has 0 spiro atoms. The number of aromatic nitrogens is 3. The van der Waals surface area contributed by atoms with Gasteiger partial charge >= 0.3 is 5.97 Å². The van der Waals surface area contributed by atoms with Crippen LogP contribution in [0.1, 0.15) is 24.1 Å². The third-order valence-electron chi connectivity index (χ3n) is 5.22. The molecule has 0 amide bonds. The SMILES string of the molecule is C=CCOC(=O)C1=C(C)Nc2nc(SCc3ccccc3Cl)nn2C1c1ccc(O)c(OC)c1. The lowest BCUT2D eigenvalue weighted by atomic mass is 9.95. The lowest BCUT2D eigenvalue weighted by Crippen LogP contribution is -2.29. The number of hydrogen-bond acceptors (Lipinski definition) is 8. The van der Waals surface area contributed by atoms with Gasteiger partial charge in [0.15, 0.2) is 11.5 Å². The van der Waals surface area contributed by atoms with Crippen molar-refractivity contribution in [1.82, 2.24) is 14.8 Å². The van der Waals surface area contributed by atoms with E-state index in [1.807, 2.05) is 24.3 Å². The normalized spacial score (nSPS) is 14.9. The number of rotatable bonds is 8. The van der Waals surface area contributed by atoms with Crippen LogP contribution in [0.3, 0.4) is 0 Å². The zero-order valence-corrected chi connectivity index (χ0v) is 20.2. The summed E-state index contributed by atoms with van der Waals surface area (Å²) < 4.78 is 12.3. The van der Waals surface area contributed by atoms with Crippen molar-refractivity contribution in [2.24, 2.45) is 0 Å². The number of nitrogens with zero attached hydrogens (tertiary/aromatic N) is 3. The van der Waals surface area contributed by atoms with E-state index in [2.05, 4.69) is 22.0 Å². The molecular formula is C24H23ClN4O4S. The van der Waals surface area contributed by atoms with Crippen LogP contribution in [0.2, 0.25) is 5.02 Å². The van der Waals surface area contributed by atoms with E-state index in [0.29, 0.717) is 38.7 Å². The third-order valence-corrected chi connectivity index (χ3v) is 6.47. The fraction of sp³-hybridized carbons (Fsp3) is 0.208. The van der Waals surface area contributed by atoms with E-state index in [4.69, 9.17) is 21.1 Å². The Hall–Kier alpha value is -3.43. The smallest absolute Gasteiger partial charge is 0.338 e. The minimum absolute atomic E-state index is 0.00790. The first-order chi connectivity index (χ1) is 16.4. The van der Waals surface area contributed by atoms with Crippen LogP contribution in [0.15, 0.2) is 71.5 Å². The summed E-state index contributed by atoms with van der Waals surface area (Å²) in [5.41, 5.74) is 2.61. The zero-order chi connectivity index (χ0) is 24.2. The number of aromatic hydroxyl groups is 1. The average molecular weight is 499 g/mol. The number of carbonyl (C=O) groups excluding carboxylic acids is 1. The molecule has 176 valence electrons. The number of esters is 1. The topological polar surface area (TPSA) is 98.5 Å². The van der Waals surface area contributed by atoms with Crippen molar-refractivity contribution in [3.63, 3.8) is 0 Å². The molecule has 2 aromatic carbocycles. The number of carbonyl (C=O) groups is 1. The largest absolute Gasteiger partial charge is 0.504 e. The Bertz CT molecular complexity index is 1270. The van der Waals surface area contributed by atoms with E-state index in [1.165, 1.54) is 31.0 Å². The molecule has 1 aromatic heterocycles. The van der Waals surface area contributed by atoms with Crippen LogP contribution in [0.5, 0.6) is 11.5 Å². The molecule has 8 nitrogen and oxygen atoms in total. The summed E-state index contributed by atoms with van der Waals surface area (Å²) in [5.74, 6) is 0.834. The van der Waals surface area contributed by atoms with E-state index in [9.17, 15) is 9.90 Å². The van der Waals surface area contributed by atoms with Crippen molar-refractivity contribution in [1.29, 1.82) is 0 Å². The van der Waals surface area contributed by atoms with Gasteiger partial charge in [-0.1, -0.05) is 60.3 Å². The van der Waals surface area contributed by atoms with Crippen molar-refractivity contribution in [2.45, 2.75) is 23.9 Å². The van der Waals surface area contributed by atoms with Gasteiger partial charge in [-0.25, -0.2) is 9.48 Å². The molecule has 0 aliphatic carbocycles. The first-order valence-electron chi connectivity index (χ1n) is 10.4. The Morgan fingerprint density at radius 3 is 2.88 bits per heavy atom. The molecule has 1 aliphatic rings. The van der Waals surface area contributed by atoms with E-state index in [0.717, 1.165) is 5.56 Å². The molecule has 1 unspecified atom stereocenters. The third kappa shape index (κ3) is 4.76. The second-order valence-electron chi connectivity index (χ2n) is 7.43. The number of methoxy groups -OCH3 is 1. The second kappa shape index (κ2) is 10.2. The number of benzene rings is 2. The molecular weight excluding hydrogens is 476 g/mol. The number of anilines is 1. The Labute approximate surface area is 206 Å². The maximum Gasteiger partial charge on any atom is 0.338 e. The average Bonchev–Trinajstić information content (AvgIpc) is 3.24. The van der Waals surface area contributed by atoms with Gasteiger partial charge in [0.05, 0.1) is 12.7 Å². The lowest BCUT2D eigenvalue weighted by Gasteiger charge is -2.28. The number of fused-ring (bicyclic) bond motifs is 1. The molecule has 3 aromatic rings. The van der Waals surface area contributed by atoms with E-state index < -0.39 is 12.0 Å². The number of thioether (sulfide) groups is 1. The lowest BCUT2D eigenvalue weighted by molar-refractivity contribution is -0.138. The molecule has 10 heteroatoms. The molecule has 0 radical (unpaired) electrons. The van der Waals surface area contributed by atoms with Gasteiger partial charge in [0.25, 0.3) is 0 Å². The van der Waals surface area contributed by atoms with E-state index in [1.54, 1.807) is 23.7 Å². The molecule has 1 aliphatic heterocycles. The van der Waals surface area contributed by atoms with Crippen LogP contribution >= 0.6 is 23.4 Å². The first kappa shape index (κ1) is 23.7. The predicted octanol–water partition coefficient (Wildman–Crippen LogP) is 4.96. The van der Waals surface area contributed by atoms with Crippen molar-refractivity contribution < 1.29 is 19.4 Å². The van der Waals surface area contributed by atoms with Gasteiger partial charge in [-0.05, 0) is 36.2 Å². The van der Waals surface area contributed by atoms with Crippen LogP contribution in [0.25, 0.3) is 0 Å². The Balaban J connectivity index is 1.73. The Kier molecular flexibility index (Phi) is 7.14. The highest BCUT2D eigenvalue weighted by molar-refractivity contribution is 7.98. The van der Waals surface area contributed by atoms with E-state index in [-0.39, 0.29) is 18.1 Å². The number of ether oxygens (including phenoxy) is 2. The maximum absolute atomic E-state index is 13.0. The van der Waals surface area contributed by atoms with Crippen LogP contribution in [-0.4, -0.2) is 39.6 Å². The fourth-order valence-electron chi connectivity index (χ4n) is 3.60. The summed E-state index contributed by atoms with van der Waals surface area (Å²) >= 11 is 7.71. The van der Waals surface area contributed by atoms with Crippen molar-refractivity contribution >= 4 is 35.3 Å². The van der Waals surface area contributed by atoms with Crippen molar-refractivity contribution in [2.75, 3.05) is 19.0 Å². The predicted molar refractivity (Wildman–Crippen MR) is 131 cm³/mol. The Morgan fingerprint density at radius 2 is 2.15 bits per heavy atom. The van der Waals surface area contributed by atoms with Crippen LogP contribution < -0.4 is 10.1 Å². The summed E-state index contributed by atoms with van der Waals surface area (Å²) in [4.78, 5) is 17.6. The number of hydrogen-bond donors (Lipinski definition) is 2. The number of nitrogens with one attached hydrogen (secondary N) is 1. The van der Waals surface area contributed by atoms with E-state index >= 15 is 0 Å². The van der Waals surface area contributed by atoms with Crippen molar-refractivity contribution in [3.05, 3.63) is 82.5 Å². The molecule has 0 saturated heterocycles. The summed E-state index contributed by atoms with van der Waals surface area (Å²) in [6.45, 7) is 5.46. The van der Waals surface area contributed by atoms with Gasteiger partial charge in [0.2, 0.25) is 11.1 Å². The highest BCUT2D eigenvalue weighted by atomic mass is 35.5. The highest BCUT2D eigenvalue weighted by Gasteiger charge is 2.35. The Morgan fingerprint density at radius 1 is 1.35 bits per heavy atom. The van der Waals surface area contributed by atoms with Crippen molar-refractivity contribution in [3.8, 4) is 11.5 Å². The molecule has 0 saturated carbocycles. The molecule has 0 bridgehead atoms. The van der Waals surface area contributed by atoms with Crippen LogP contribution in [-0.2, 0) is 15.3 Å². The molecule has 0 fully saturated rings.